The van der Waals surface area contributed by atoms with Gasteiger partial charge >= 0.3 is 12.1 Å². The Morgan fingerprint density at radius 2 is 1.71 bits per heavy atom. The molecule has 4 rings (SSSR count). The number of hydrogen-bond donors (Lipinski definition) is 2. The van der Waals surface area contributed by atoms with Gasteiger partial charge in [-0.15, -0.1) is 0 Å². The number of para-hydroxylation sites is 1. The quantitative estimate of drug-likeness (QED) is 0.630. The molecule has 0 bridgehead atoms. The van der Waals surface area contributed by atoms with Gasteiger partial charge in [0.2, 0.25) is 11.8 Å². The summed E-state index contributed by atoms with van der Waals surface area (Å²) in [6.45, 7) is 5.37. The molecule has 2 aliphatic rings. The third kappa shape index (κ3) is 3.68. The van der Waals surface area contributed by atoms with Gasteiger partial charge in [-0.3, -0.25) is 19.7 Å². The molecule has 0 aromatic heterocycles. The molecule has 2 amide bonds. The second-order valence-electron chi connectivity index (χ2n) is 9.42. The maximum absolute atomic E-state index is 13.7. The van der Waals surface area contributed by atoms with Gasteiger partial charge in [0.15, 0.2) is 0 Å². The maximum Gasteiger partial charge on any atom is 0.416 e. The van der Waals surface area contributed by atoms with Gasteiger partial charge < -0.3 is 5.11 Å². The Kier molecular flexibility index (Phi) is 5.80. The van der Waals surface area contributed by atoms with Crippen molar-refractivity contribution >= 4 is 23.5 Å². The van der Waals surface area contributed by atoms with Crippen molar-refractivity contribution in [1.82, 2.24) is 5.32 Å². The molecule has 2 aromatic carbocycles. The number of imide groups is 1. The fourth-order valence-corrected chi connectivity index (χ4v) is 5.34. The predicted molar refractivity (Wildman–Crippen MR) is 118 cm³/mol. The minimum absolute atomic E-state index is 0.0707. The number of carboxylic acids is 1. The van der Waals surface area contributed by atoms with Crippen LogP contribution in [0.1, 0.15) is 43.0 Å². The normalized spacial score (nSPS) is 26.9. The summed E-state index contributed by atoms with van der Waals surface area (Å²) in [5, 5.41) is 13.3. The molecule has 2 aliphatic heterocycles. The highest BCUT2D eigenvalue weighted by Gasteiger charge is 2.68. The monoisotopic (exact) mass is 474 g/mol. The number of carbonyl (C=O) groups excluding carboxylic acids is 2. The molecule has 180 valence electrons. The molecule has 2 heterocycles. The van der Waals surface area contributed by atoms with E-state index in [1.165, 1.54) is 12.1 Å². The number of nitrogens with one attached hydrogen (secondary N) is 1. The van der Waals surface area contributed by atoms with Crippen LogP contribution in [0.5, 0.6) is 0 Å². The van der Waals surface area contributed by atoms with Crippen molar-refractivity contribution in [3.63, 3.8) is 0 Å². The molecule has 6 nitrogen and oxygen atoms in total. The lowest BCUT2D eigenvalue weighted by Crippen LogP contribution is -2.56. The number of halogens is 3. The zero-order chi connectivity index (χ0) is 25.0. The van der Waals surface area contributed by atoms with E-state index >= 15 is 0 Å². The first kappa shape index (κ1) is 23.9. The molecule has 2 saturated heterocycles. The van der Waals surface area contributed by atoms with Crippen LogP contribution in [0, 0.1) is 24.7 Å². The molecule has 0 radical (unpaired) electrons. The molecule has 2 fully saturated rings. The average molecular weight is 474 g/mol. The van der Waals surface area contributed by atoms with E-state index in [0.717, 1.165) is 17.0 Å². The molecule has 4 atom stereocenters. The first-order valence-electron chi connectivity index (χ1n) is 11.0. The molecule has 0 aliphatic carbocycles. The number of carbonyl (C=O) groups is 3. The number of anilines is 1. The van der Waals surface area contributed by atoms with E-state index in [9.17, 15) is 32.7 Å². The molecule has 2 aromatic rings. The molecule has 0 spiro atoms. The van der Waals surface area contributed by atoms with Gasteiger partial charge in [0, 0.05) is 6.04 Å². The summed E-state index contributed by atoms with van der Waals surface area (Å²) in [6.07, 6.45) is -4.46. The number of amides is 2. The number of alkyl halides is 3. The SMILES string of the molecule is Cc1ccccc1N1C(=O)C2C(c3ccc(C(F)(F)F)cc3)NC(CC(C)C)(C(=O)O)C2C1=O. The van der Waals surface area contributed by atoms with Crippen molar-refractivity contribution < 1.29 is 32.7 Å². The fraction of sp³-hybridized carbons (Fsp3) is 0.400. The Balaban J connectivity index is 1.85. The van der Waals surface area contributed by atoms with Crippen LogP contribution in [0.4, 0.5) is 18.9 Å². The lowest BCUT2D eigenvalue weighted by molar-refractivity contribution is -0.149. The van der Waals surface area contributed by atoms with Crippen molar-refractivity contribution in [1.29, 1.82) is 0 Å². The highest BCUT2D eigenvalue weighted by Crippen LogP contribution is 2.52. The summed E-state index contributed by atoms with van der Waals surface area (Å²) in [6, 6.07) is 10.1. The Bertz CT molecular complexity index is 1150. The summed E-state index contributed by atoms with van der Waals surface area (Å²) >= 11 is 0. The standard InChI is InChI=1S/C25H25F3N2O4/c1-13(2)12-24(23(33)34)19-18(20(29-24)15-8-10-16(11-9-15)25(26,27)28)21(31)30(22(19)32)17-7-5-4-6-14(17)3/h4-11,13,18-20,29H,12H2,1-3H3,(H,33,34). The van der Waals surface area contributed by atoms with Crippen LogP contribution in [0.15, 0.2) is 48.5 Å². The summed E-state index contributed by atoms with van der Waals surface area (Å²) in [5.41, 5.74) is -1.22. The van der Waals surface area contributed by atoms with E-state index in [1.54, 1.807) is 31.2 Å². The third-order valence-corrected chi connectivity index (χ3v) is 6.72. The van der Waals surface area contributed by atoms with Crippen molar-refractivity contribution in [2.45, 2.75) is 44.9 Å². The van der Waals surface area contributed by atoms with Crippen LogP contribution in [-0.4, -0.2) is 28.4 Å². The second kappa shape index (κ2) is 8.23. The van der Waals surface area contributed by atoms with E-state index in [2.05, 4.69) is 5.32 Å². The smallest absolute Gasteiger partial charge is 0.416 e. The highest BCUT2D eigenvalue weighted by molar-refractivity contribution is 6.24. The van der Waals surface area contributed by atoms with Gasteiger partial charge in [-0.2, -0.15) is 13.2 Å². The number of fused-ring (bicyclic) bond motifs is 1. The number of rotatable bonds is 5. The van der Waals surface area contributed by atoms with E-state index in [-0.39, 0.29) is 12.3 Å². The highest BCUT2D eigenvalue weighted by atomic mass is 19.4. The topological polar surface area (TPSA) is 86.7 Å². The number of hydrogen-bond acceptors (Lipinski definition) is 4. The van der Waals surface area contributed by atoms with Crippen molar-refractivity contribution in [2.75, 3.05) is 4.90 Å². The number of nitrogens with zero attached hydrogens (tertiary/aromatic N) is 1. The molecular formula is C25H25F3N2O4. The van der Waals surface area contributed by atoms with Crippen molar-refractivity contribution in [2.24, 2.45) is 17.8 Å². The van der Waals surface area contributed by atoms with E-state index in [0.29, 0.717) is 16.8 Å². The summed E-state index contributed by atoms with van der Waals surface area (Å²) in [7, 11) is 0. The number of aryl methyl sites for hydroxylation is 1. The number of aliphatic carboxylic acids is 1. The van der Waals surface area contributed by atoms with Gasteiger partial charge in [0.25, 0.3) is 0 Å². The van der Waals surface area contributed by atoms with Gasteiger partial charge in [-0.1, -0.05) is 44.2 Å². The minimum atomic E-state index is -4.53. The summed E-state index contributed by atoms with van der Waals surface area (Å²) in [4.78, 5) is 41.0. The van der Waals surface area contributed by atoms with Crippen LogP contribution in [-0.2, 0) is 20.6 Å². The fourth-order valence-electron chi connectivity index (χ4n) is 5.34. The molecule has 34 heavy (non-hydrogen) atoms. The van der Waals surface area contributed by atoms with Crippen LogP contribution in [0.25, 0.3) is 0 Å². The van der Waals surface area contributed by atoms with Crippen LogP contribution in [0.3, 0.4) is 0 Å². The van der Waals surface area contributed by atoms with Gasteiger partial charge in [0.1, 0.15) is 5.54 Å². The maximum atomic E-state index is 13.7. The Labute approximate surface area is 194 Å². The Hall–Kier alpha value is -3.20. The van der Waals surface area contributed by atoms with Crippen LogP contribution in [0.2, 0.25) is 0 Å². The molecular weight excluding hydrogens is 449 g/mol. The second-order valence-corrected chi connectivity index (χ2v) is 9.42. The number of carboxylic acid groups (broad SMARTS) is 1. The van der Waals surface area contributed by atoms with Crippen molar-refractivity contribution in [3.8, 4) is 0 Å². The largest absolute Gasteiger partial charge is 0.480 e. The lowest BCUT2D eigenvalue weighted by atomic mass is 9.75. The minimum Gasteiger partial charge on any atom is -0.480 e. The van der Waals surface area contributed by atoms with E-state index in [1.807, 2.05) is 13.8 Å². The average Bonchev–Trinajstić information content (AvgIpc) is 3.22. The molecule has 9 heteroatoms. The van der Waals surface area contributed by atoms with Gasteiger partial charge in [-0.25, -0.2) is 4.90 Å². The van der Waals surface area contributed by atoms with Gasteiger partial charge in [-0.05, 0) is 48.6 Å². The Morgan fingerprint density at radius 3 is 2.24 bits per heavy atom. The predicted octanol–water partition coefficient (Wildman–Crippen LogP) is 4.33. The summed E-state index contributed by atoms with van der Waals surface area (Å²) < 4.78 is 39.2. The zero-order valence-corrected chi connectivity index (χ0v) is 18.9. The number of benzene rings is 2. The third-order valence-electron chi connectivity index (χ3n) is 6.72. The Morgan fingerprint density at radius 1 is 1.09 bits per heavy atom. The van der Waals surface area contributed by atoms with Gasteiger partial charge in [0.05, 0.1) is 23.1 Å². The zero-order valence-electron chi connectivity index (χ0n) is 18.9. The molecule has 0 saturated carbocycles. The summed E-state index contributed by atoms with van der Waals surface area (Å²) in [5.74, 6) is -4.85. The first-order chi connectivity index (χ1) is 15.9. The first-order valence-corrected chi connectivity index (χ1v) is 11.0. The van der Waals surface area contributed by atoms with E-state index < -0.39 is 52.9 Å². The van der Waals surface area contributed by atoms with Crippen molar-refractivity contribution in [3.05, 3.63) is 65.2 Å². The molecule has 4 unspecified atom stereocenters. The van der Waals surface area contributed by atoms with E-state index in [4.69, 9.17) is 0 Å². The lowest BCUT2D eigenvalue weighted by Gasteiger charge is -2.32. The van der Waals surface area contributed by atoms with Crippen LogP contribution < -0.4 is 10.2 Å². The molecule has 2 N–H and O–H groups in total. The van der Waals surface area contributed by atoms with Crippen LogP contribution >= 0.6 is 0 Å².